The van der Waals surface area contributed by atoms with Crippen LogP contribution in [0.5, 0.6) is 5.75 Å². The Balaban J connectivity index is 0.000000284. The molecule has 1 amide bonds. The largest absolute Gasteiger partial charge is 0.492 e. The highest BCUT2D eigenvalue weighted by Crippen LogP contribution is 2.47. The molecule has 160 valence electrons. The highest BCUT2D eigenvalue weighted by Gasteiger charge is 2.43. The molecule has 3 rings (SSSR count). The molecule has 2 heterocycles. The first-order valence-corrected chi connectivity index (χ1v) is 10.4. The van der Waals surface area contributed by atoms with Crippen LogP contribution < -0.4 is 20.7 Å². The third-order valence-electron chi connectivity index (χ3n) is 5.82. The molecule has 1 fully saturated rings. The number of carbonyl (C=O) groups excluding carboxylic acids is 2. The molecule has 1 saturated heterocycles. The lowest BCUT2D eigenvalue weighted by atomic mass is 9.73. The maximum absolute atomic E-state index is 11.4. The normalized spacial score (nSPS) is 16.2. The van der Waals surface area contributed by atoms with Crippen LogP contribution in [0.2, 0.25) is 0 Å². The van der Waals surface area contributed by atoms with E-state index in [2.05, 4.69) is 28.6 Å². The maximum Gasteiger partial charge on any atom is 0.219 e. The van der Waals surface area contributed by atoms with E-state index in [1.165, 1.54) is 5.56 Å². The Hall–Kier alpha value is -2.18. The Kier molecular flexibility index (Phi) is 8.86. The number of rotatable bonds is 7. The average molecular weight is 402 g/mol. The molecule has 0 bridgehead atoms. The van der Waals surface area contributed by atoms with Gasteiger partial charge in [0, 0.05) is 42.1 Å². The van der Waals surface area contributed by atoms with Gasteiger partial charge in [0.15, 0.2) is 6.29 Å². The number of piperidine rings is 1. The van der Waals surface area contributed by atoms with Crippen LogP contribution in [0.25, 0.3) is 0 Å². The fourth-order valence-corrected chi connectivity index (χ4v) is 4.10. The number of ether oxygens (including phenoxy) is 1. The Morgan fingerprint density at radius 2 is 2.07 bits per heavy atom. The molecular formula is C23H35N3O3. The zero-order valence-electron chi connectivity index (χ0n) is 18.0. The SMILES string of the molecule is C=CCCCC(=O)NC.CNCc1c(C=O)c(C)cc2c1OCC21CCNCC1. The molecule has 0 radical (unpaired) electrons. The van der Waals surface area contributed by atoms with Gasteiger partial charge in [0.05, 0.1) is 6.61 Å². The summed E-state index contributed by atoms with van der Waals surface area (Å²) in [5.74, 6) is 1.06. The highest BCUT2D eigenvalue weighted by atomic mass is 16.5. The van der Waals surface area contributed by atoms with Crippen LogP contribution >= 0.6 is 0 Å². The number of amides is 1. The smallest absolute Gasteiger partial charge is 0.219 e. The van der Waals surface area contributed by atoms with E-state index < -0.39 is 0 Å². The van der Waals surface area contributed by atoms with Crippen LogP contribution in [-0.2, 0) is 16.8 Å². The number of carbonyl (C=O) groups is 2. The van der Waals surface area contributed by atoms with Gasteiger partial charge in [-0.15, -0.1) is 6.58 Å². The van der Waals surface area contributed by atoms with Gasteiger partial charge in [-0.2, -0.15) is 0 Å². The molecule has 2 aliphatic heterocycles. The molecule has 2 aliphatic rings. The quantitative estimate of drug-likeness (QED) is 0.372. The zero-order valence-corrected chi connectivity index (χ0v) is 18.0. The lowest BCUT2D eigenvalue weighted by Crippen LogP contribution is -2.41. The molecule has 1 aromatic rings. The third-order valence-corrected chi connectivity index (χ3v) is 5.82. The van der Waals surface area contributed by atoms with Crippen molar-refractivity contribution in [1.29, 1.82) is 0 Å². The van der Waals surface area contributed by atoms with Crippen molar-refractivity contribution < 1.29 is 14.3 Å². The van der Waals surface area contributed by atoms with Crippen molar-refractivity contribution in [2.24, 2.45) is 0 Å². The fraction of sp³-hybridized carbons (Fsp3) is 0.565. The second-order valence-corrected chi connectivity index (χ2v) is 7.78. The van der Waals surface area contributed by atoms with Gasteiger partial charge in [0.1, 0.15) is 5.75 Å². The molecule has 0 aliphatic carbocycles. The standard InChI is InChI=1S/C16H22N2O2.C7H13NO/c1-11-7-14-15(12(8-17-2)13(11)9-19)20-10-16(14)3-5-18-6-4-16;1-3-4-5-6-7(9)8-2/h7,9,17-18H,3-6,8,10H2,1-2H3;3H,1,4-6H2,2H3,(H,8,9). The molecule has 0 atom stereocenters. The number of fused-ring (bicyclic) bond motifs is 2. The summed E-state index contributed by atoms with van der Waals surface area (Å²) in [6, 6.07) is 2.18. The van der Waals surface area contributed by atoms with E-state index in [-0.39, 0.29) is 11.3 Å². The van der Waals surface area contributed by atoms with Crippen molar-refractivity contribution in [3.63, 3.8) is 0 Å². The van der Waals surface area contributed by atoms with Gasteiger partial charge in [-0.25, -0.2) is 0 Å². The van der Waals surface area contributed by atoms with E-state index in [0.717, 1.165) is 74.1 Å². The first-order chi connectivity index (χ1) is 14.0. The predicted octanol–water partition coefficient (Wildman–Crippen LogP) is 2.63. The Bertz CT molecular complexity index is 725. The van der Waals surface area contributed by atoms with E-state index in [9.17, 15) is 9.59 Å². The second-order valence-electron chi connectivity index (χ2n) is 7.78. The van der Waals surface area contributed by atoms with Gasteiger partial charge in [0.25, 0.3) is 0 Å². The molecular weight excluding hydrogens is 366 g/mol. The molecule has 0 unspecified atom stereocenters. The van der Waals surface area contributed by atoms with E-state index in [1.807, 2.05) is 20.0 Å². The summed E-state index contributed by atoms with van der Waals surface area (Å²) in [6.45, 7) is 9.08. The number of aldehydes is 1. The summed E-state index contributed by atoms with van der Waals surface area (Å²) in [4.78, 5) is 21.9. The van der Waals surface area contributed by atoms with Crippen molar-refractivity contribution in [2.45, 2.75) is 51.0 Å². The highest BCUT2D eigenvalue weighted by molar-refractivity contribution is 5.82. The van der Waals surface area contributed by atoms with Crippen LogP contribution in [0.4, 0.5) is 0 Å². The summed E-state index contributed by atoms with van der Waals surface area (Å²) in [6.07, 6.45) is 7.44. The number of unbranched alkanes of at least 4 members (excludes halogenated alkanes) is 1. The lowest BCUT2D eigenvalue weighted by molar-refractivity contribution is -0.120. The van der Waals surface area contributed by atoms with Crippen LogP contribution in [0.1, 0.15) is 59.2 Å². The Morgan fingerprint density at radius 1 is 1.34 bits per heavy atom. The third kappa shape index (κ3) is 5.46. The summed E-state index contributed by atoms with van der Waals surface area (Å²) in [5.41, 5.74) is 4.33. The summed E-state index contributed by atoms with van der Waals surface area (Å²) >= 11 is 0. The van der Waals surface area contributed by atoms with Gasteiger partial charge >= 0.3 is 0 Å². The Morgan fingerprint density at radius 3 is 2.66 bits per heavy atom. The van der Waals surface area contributed by atoms with Crippen LogP contribution in [0, 0.1) is 6.92 Å². The monoisotopic (exact) mass is 401 g/mol. The van der Waals surface area contributed by atoms with Crippen molar-refractivity contribution in [1.82, 2.24) is 16.0 Å². The van der Waals surface area contributed by atoms with Crippen LogP contribution in [0.3, 0.4) is 0 Å². The second kappa shape index (κ2) is 11.1. The lowest BCUT2D eigenvalue weighted by Gasteiger charge is -2.33. The number of benzene rings is 1. The molecule has 1 aromatic carbocycles. The molecule has 6 heteroatoms. The predicted molar refractivity (Wildman–Crippen MR) is 117 cm³/mol. The number of hydrogen-bond donors (Lipinski definition) is 3. The molecule has 1 spiro atoms. The minimum Gasteiger partial charge on any atom is -0.492 e. The van der Waals surface area contributed by atoms with Crippen molar-refractivity contribution >= 4 is 12.2 Å². The van der Waals surface area contributed by atoms with Crippen molar-refractivity contribution in [3.8, 4) is 5.75 Å². The fourth-order valence-electron chi connectivity index (χ4n) is 4.10. The van der Waals surface area contributed by atoms with E-state index in [1.54, 1.807) is 7.05 Å². The summed E-state index contributed by atoms with van der Waals surface area (Å²) in [7, 11) is 3.55. The number of allylic oxidation sites excluding steroid dienone is 1. The maximum atomic E-state index is 11.4. The Labute approximate surface area is 174 Å². The van der Waals surface area contributed by atoms with Gasteiger partial charge in [-0.05, 0) is 58.3 Å². The summed E-state index contributed by atoms with van der Waals surface area (Å²) < 4.78 is 6.05. The molecule has 3 N–H and O–H groups in total. The van der Waals surface area contributed by atoms with Gasteiger partial charge in [0.2, 0.25) is 5.91 Å². The van der Waals surface area contributed by atoms with Crippen LogP contribution in [-0.4, -0.2) is 46.0 Å². The summed E-state index contributed by atoms with van der Waals surface area (Å²) in [5, 5.41) is 9.13. The molecule has 29 heavy (non-hydrogen) atoms. The van der Waals surface area contributed by atoms with Gasteiger partial charge < -0.3 is 20.7 Å². The minimum absolute atomic E-state index is 0.108. The van der Waals surface area contributed by atoms with Gasteiger partial charge in [-0.3, -0.25) is 9.59 Å². The minimum atomic E-state index is 0.108. The molecule has 6 nitrogen and oxygen atoms in total. The van der Waals surface area contributed by atoms with Crippen molar-refractivity contribution in [3.05, 3.63) is 41.0 Å². The van der Waals surface area contributed by atoms with Gasteiger partial charge in [-0.1, -0.05) is 12.1 Å². The van der Waals surface area contributed by atoms with Crippen molar-refractivity contribution in [2.75, 3.05) is 33.8 Å². The molecule has 0 aromatic heterocycles. The topological polar surface area (TPSA) is 79.5 Å². The molecule has 0 saturated carbocycles. The van der Waals surface area contributed by atoms with E-state index in [4.69, 9.17) is 4.74 Å². The van der Waals surface area contributed by atoms with E-state index in [0.29, 0.717) is 13.0 Å². The number of nitrogens with one attached hydrogen (secondary N) is 3. The van der Waals surface area contributed by atoms with E-state index >= 15 is 0 Å². The average Bonchev–Trinajstić information content (AvgIpc) is 3.07. The number of hydrogen-bond acceptors (Lipinski definition) is 5. The number of aryl methyl sites for hydroxylation is 1. The van der Waals surface area contributed by atoms with Crippen LogP contribution in [0.15, 0.2) is 18.7 Å². The zero-order chi connectivity index (χ0) is 21.3. The first kappa shape index (κ1) is 23.1. The first-order valence-electron chi connectivity index (χ1n) is 10.4.